The molecule has 7 heavy (non-hydrogen) atoms. The van der Waals surface area contributed by atoms with Gasteiger partial charge in [-0.15, -0.1) is 0 Å². The normalized spacial score (nSPS) is 8.57. The molecule has 0 aliphatic heterocycles. The minimum absolute atomic E-state index is 0.765. The summed E-state index contributed by atoms with van der Waals surface area (Å²) in [5.41, 5.74) is 8.13. The van der Waals surface area contributed by atoms with Gasteiger partial charge in [0, 0.05) is 6.92 Å². The van der Waals surface area contributed by atoms with Crippen LogP contribution in [-0.4, -0.2) is 18.9 Å². The summed E-state index contributed by atoms with van der Waals surface area (Å²) < 4.78 is 0. The maximum atomic E-state index is 8.13. The molecule has 0 bridgehead atoms. The van der Waals surface area contributed by atoms with Crippen molar-refractivity contribution in [1.29, 1.82) is 0 Å². The highest BCUT2D eigenvalue weighted by Crippen LogP contribution is 1.77. The molecule has 0 aliphatic rings. The highest BCUT2D eigenvalue weighted by Gasteiger charge is 2.05. The fraction of sp³-hybridized carbons (Fsp3) is 0.750. The molecule has 0 saturated carbocycles. The van der Waals surface area contributed by atoms with Crippen molar-refractivity contribution in [2.75, 3.05) is 0 Å². The van der Waals surface area contributed by atoms with Gasteiger partial charge in [0.15, 0.2) is 8.80 Å². The topological polar surface area (TPSA) is 36.4 Å². The first kappa shape index (κ1) is 6.60. The van der Waals surface area contributed by atoms with Crippen LogP contribution in [0.1, 0.15) is 6.92 Å². The van der Waals surface area contributed by atoms with Crippen LogP contribution < -0.4 is 0 Å². The maximum Gasteiger partial charge on any atom is 0.230 e. The summed E-state index contributed by atoms with van der Waals surface area (Å²) >= 11 is 0. The third-order valence-electron chi connectivity index (χ3n) is 0.993. The first-order chi connectivity index (χ1) is 3.18. The molecule has 0 spiro atoms. The van der Waals surface area contributed by atoms with Crippen LogP contribution in [0.25, 0.3) is 5.53 Å². The van der Waals surface area contributed by atoms with E-state index in [1.54, 1.807) is 0 Å². The summed E-state index contributed by atoms with van der Waals surface area (Å²) in [5.74, 6) is 0. The second-order valence-corrected chi connectivity index (χ2v) is 5.04. The molecule has 0 aromatic heterocycles. The number of nitrogens with zero attached hydrogens (tertiary/aromatic N) is 2. The second kappa shape index (κ2) is 2.72. The molecule has 0 unspecified atom stereocenters. The lowest BCUT2D eigenvalue weighted by Gasteiger charge is -1.83. The van der Waals surface area contributed by atoms with Gasteiger partial charge in [-0.1, -0.05) is 13.1 Å². The van der Waals surface area contributed by atoms with Crippen LogP contribution in [0.2, 0.25) is 13.1 Å². The molecule has 0 radical (unpaired) electrons. The Kier molecular flexibility index (Phi) is 2.56. The summed E-state index contributed by atoms with van der Waals surface area (Å²) in [6.07, 6.45) is 0. The second-order valence-electron chi connectivity index (χ2n) is 1.90. The first-order valence-corrected chi connectivity index (χ1v) is 5.25. The van der Waals surface area contributed by atoms with Crippen molar-refractivity contribution in [3.05, 3.63) is 5.53 Å². The molecule has 0 saturated heterocycles. The largest absolute Gasteiger partial charge is 0.362 e. The predicted molar refractivity (Wildman–Crippen MR) is 33.2 cm³/mol. The van der Waals surface area contributed by atoms with Crippen LogP contribution in [0.4, 0.5) is 0 Å². The molecule has 0 atom stereocenters. The van der Waals surface area contributed by atoms with E-state index in [0.717, 1.165) is 5.33 Å². The zero-order valence-electron chi connectivity index (χ0n) is 4.97. The minimum atomic E-state index is -0.765. The van der Waals surface area contributed by atoms with Crippen molar-refractivity contribution in [3.63, 3.8) is 0 Å². The molecule has 40 valence electrons. The summed E-state index contributed by atoms with van der Waals surface area (Å²) in [4.78, 5) is 3.07. The van der Waals surface area contributed by atoms with E-state index >= 15 is 0 Å². The van der Waals surface area contributed by atoms with Crippen molar-refractivity contribution in [1.82, 2.24) is 0 Å². The van der Waals surface area contributed by atoms with Crippen LogP contribution in [0.3, 0.4) is 0 Å². The van der Waals surface area contributed by atoms with E-state index < -0.39 is 8.80 Å². The van der Waals surface area contributed by atoms with Gasteiger partial charge in [-0.2, -0.15) is 4.79 Å². The zero-order chi connectivity index (χ0) is 5.86. The molecule has 2 nitrogen and oxygen atoms in total. The summed E-state index contributed by atoms with van der Waals surface area (Å²) in [6.45, 7) is 6.10. The molecular weight excluding hydrogens is 104 g/mol. The maximum absolute atomic E-state index is 8.13. The van der Waals surface area contributed by atoms with Crippen LogP contribution in [-0.2, 0) is 0 Å². The van der Waals surface area contributed by atoms with Crippen molar-refractivity contribution in [2.24, 2.45) is 0 Å². The van der Waals surface area contributed by atoms with Crippen molar-refractivity contribution >= 4 is 14.1 Å². The SMILES string of the molecule is CC(=[N+]=[N-])[SiH](C)C. The molecule has 3 heteroatoms. The molecule has 0 aromatic carbocycles. The van der Waals surface area contributed by atoms with Gasteiger partial charge in [0.05, 0.1) is 0 Å². The van der Waals surface area contributed by atoms with Gasteiger partial charge in [-0.25, -0.2) is 0 Å². The minimum Gasteiger partial charge on any atom is -0.362 e. The molecule has 0 amide bonds. The van der Waals surface area contributed by atoms with Crippen molar-refractivity contribution < 1.29 is 4.79 Å². The standard InChI is InChI=1S/C4H10N2Si/c1-4(6-5)7(2)3/h7H,1-3H3. The Balaban J connectivity index is 3.81. The van der Waals surface area contributed by atoms with Gasteiger partial charge in [0.2, 0.25) is 5.33 Å². The van der Waals surface area contributed by atoms with Gasteiger partial charge in [-0.3, -0.25) is 0 Å². The lowest BCUT2D eigenvalue weighted by atomic mass is 10.9. The number of rotatable bonds is 1. The Hall–Kier alpha value is -0.403. The van der Waals surface area contributed by atoms with Crippen molar-refractivity contribution in [2.45, 2.75) is 20.0 Å². The quantitative estimate of drug-likeness (QED) is 0.208. The first-order valence-electron chi connectivity index (χ1n) is 2.37. The number of hydrogen-bond acceptors (Lipinski definition) is 0. The Morgan fingerprint density at radius 2 is 2.00 bits per heavy atom. The average Bonchev–Trinajstić information content (AvgIpc) is 1.65. The highest BCUT2D eigenvalue weighted by molar-refractivity contribution is 6.87. The predicted octanol–water partition coefficient (Wildman–Crippen LogP) is 0.703. The van der Waals surface area contributed by atoms with Gasteiger partial charge in [-0.05, 0) is 0 Å². The summed E-state index contributed by atoms with van der Waals surface area (Å²) in [6, 6.07) is 0. The molecule has 0 aromatic rings. The van der Waals surface area contributed by atoms with Crippen LogP contribution in [0.15, 0.2) is 0 Å². The Morgan fingerprint density at radius 3 is 2.00 bits per heavy atom. The Labute approximate surface area is 45.4 Å². The molecule has 0 aliphatic carbocycles. The van der Waals surface area contributed by atoms with Crippen LogP contribution >= 0.6 is 0 Å². The highest BCUT2D eigenvalue weighted by atomic mass is 28.3. The van der Waals surface area contributed by atoms with E-state index in [1.807, 2.05) is 6.92 Å². The van der Waals surface area contributed by atoms with E-state index in [-0.39, 0.29) is 0 Å². The average molecular weight is 114 g/mol. The smallest absolute Gasteiger partial charge is 0.230 e. The Morgan fingerprint density at radius 1 is 1.57 bits per heavy atom. The molecule has 0 heterocycles. The van der Waals surface area contributed by atoms with Gasteiger partial charge >= 0.3 is 0 Å². The third kappa shape index (κ3) is 2.31. The van der Waals surface area contributed by atoms with Gasteiger partial charge < -0.3 is 5.53 Å². The molecular formula is C4H10N2Si. The number of hydrogen-bond donors (Lipinski definition) is 0. The lowest BCUT2D eigenvalue weighted by molar-refractivity contribution is -0.00158. The lowest BCUT2D eigenvalue weighted by Crippen LogP contribution is -2.14. The molecule has 0 rings (SSSR count). The molecule has 0 fully saturated rings. The summed E-state index contributed by atoms with van der Waals surface area (Å²) in [5, 5.41) is 0.917. The monoisotopic (exact) mass is 114 g/mol. The van der Waals surface area contributed by atoms with E-state index in [1.165, 1.54) is 0 Å². The third-order valence-corrected chi connectivity index (χ3v) is 2.78. The van der Waals surface area contributed by atoms with E-state index in [4.69, 9.17) is 5.53 Å². The van der Waals surface area contributed by atoms with Crippen molar-refractivity contribution in [3.8, 4) is 0 Å². The summed E-state index contributed by atoms with van der Waals surface area (Å²) in [7, 11) is -0.765. The zero-order valence-corrected chi connectivity index (χ0v) is 6.13. The van der Waals surface area contributed by atoms with E-state index in [0.29, 0.717) is 0 Å². The molecule has 0 N–H and O–H groups in total. The Bertz CT molecular complexity index is 102. The fourth-order valence-electron chi connectivity index (χ4n) is 0.115. The van der Waals surface area contributed by atoms with E-state index in [9.17, 15) is 0 Å². The van der Waals surface area contributed by atoms with Gasteiger partial charge in [0.25, 0.3) is 0 Å². The van der Waals surface area contributed by atoms with Gasteiger partial charge in [0.1, 0.15) is 0 Å². The van der Waals surface area contributed by atoms with E-state index in [2.05, 4.69) is 17.9 Å². The fourth-order valence-corrected chi connectivity index (χ4v) is 0.346. The van der Waals surface area contributed by atoms with Crippen LogP contribution in [0, 0.1) is 0 Å². The van der Waals surface area contributed by atoms with Crippen LogP contribution in [0.5, 0.6) is 0 Å².